The molecule has 8 heteroatoms. The molecule has 1 aliphatic rings. The summed E-state index contributed by atoms with van der Waals surface area (Å²) in [7, 11) is -3.92. The first-order valence-electron chi connectivity index (χ1n) is 9.56. The fourth-order valence-electron chi connectivity index (χ4n) is 3.06. The Labute approximate surface area is 170 Å². The van der Waals surface area contributed by atoms with Gasteiger partial charge in [-0.05, 0) is 42.3 Å². The Balaban J connectivity index is 1.62. The molecule has 0 N–H and O–H groups in total. The standard InChI is InChI=1S/C21H25FN2O4S/c1-16(2)15-28-18-9-7-17(8-10-18)21(25)23-11-13-24(14-12-23)29(26,27)20-6-4-3-5-19(20)22/h3-10,16H,11-15H2,1-2H3. The summed E-state index contributed by atoms with van der Waals surface area (Å²) in [5, 5.41) is 0. The zero-order valence-electron chi connectivity index (χ0n) is 16.5. The monoisotopic (exact) mass is 420 g/mol. The molecule has 1 amide bonds. The van der Waals surface area contributed by atoms with Crippen molar-refractivity contribution in [1.29, 1.82) is 0 Å². The van der Waals surface area contributed by atoms with E-state index in [4.69, 9.17) is 4.74 Å². The molecule has 0 bridgehead atoms. The van der Waals surface area contributed by atoms with Gasteiger partial charge in [-0.1, -0.05) is 26.0 Å². The molecule has 156 valence electrons. The lowest BCUT2D eigenvalue weighted by molar-refractivity contribution is 0.0697. The number of ether oxygens (including phenoxy) is 1. The number of piperazine rings is 1. The van der Waals surface area contributed by atoms with Crippen molar-refractivity contribution in [3.8, 4) is 5.75 Å². The van der Waals surface area contributed by atoms with Crippen molar-refractivity contribution in [3.63, 3.8) is 0 Å². The molecule has 0 atom stereocenters. The zero-order valence-corrected chi connectivity index (χ0v) is 17.4. The minimum Gasteiger partial charge on any atom is -0.493 e. The van der Waals surface area contributed by atoms with E-state index < -0.39 is 15.8 Å². The first-order valence-corrected chi connectivity index (χ1v) is 11.0. The van der Waals surface area contributed by atoms with E-state index in [2.05, 4.69) is 13.8 Å². The lowest BCUT2D eigenvalue weighted by atomic mass is 10.1. The first-order chi connectivity index (χ1) is 13.8. The van der Waals surface area contributed by atoms with E-state index in [1.165, 1.54) is 22.5 Å². The SMILES string of the molecule is CC(C)COc1ccc(C(=O)N2CCN(S(=O)(=O)c3ccccc3F)CC2)cc1. The molecule has 1 saturated heterocycles. The van der Waals surface area contributed by atoms with Crippen LogP contribution in [0.1, 0.15) is 24.2 Å². The van der Waals surface area contributed by atoms with Crippen LogP contribution < -0.4 is 4.74 Å². The Morgan fingerprint density at radius 1 is 1.03 bits per heavy atom. The lowest BCUT2D eigenvalue weighted by Crippen LogP contribution is -2.50. The number of hydrogen-bond donors (Lipinski definition) is 0. The van der Waals surface area contributed by atoms with Crippen LogP contribution in [0.4, 0.5) is 4.39 Å². The molecule has 0 aromatic heterocycles. The Morgan fingerprint density at radius 2 is 1.66 bits per heavy atom. The second-order valence-electron chi connectivity index (χ2n) is 7.36. The number of hydrogen-bond acceptors (Lipinski definition) is 4. The van der Waals surface area contributed by atoms with Gasteiger partial charge < -0.3 is 9.64 Å². The predicted molar refractivity (Wildman–Crippen MR) is 108 cm³/mol. The van der Waals surface area contributed by atoms with Gasteiger partial charge in [-0.2, -0.15) is 4.31 Å². The van der Waals surface area contributed by atoms with Crippen molar-refractivity contribution in [3.05, 3.63) is 59.9 Å². The topological polar surface area (TPSA) is 66.9 Å². The van der Waals surface area contributed by atoms with Gasteiger partial charge in [0.1, 0.15) is 16.5 Å². The van der Waals surface area contributed by atoms with Gasteiger partial charge in [-0.3, -0.25) is 4.79 Å². The molecule has 3 rings (SSSR count). The summed E-state index contributed by atoms with van der Waals surface area (Å²) in [4.78, 5) is 14.0. The van der Waals surface area contributed by atoms with Crippen LogP contribution in [0, 0.1) is 11.7 Å². The second-order valence-corrected chi connectivity index (χ2v) is 9.26. The van der Waals surface area contributed by atoms with Crippen molar-refractivity contribution in [1.82, 2.24) is 9.21 Å². The van der Waals surface area contributed by atoms with Gasteiger partial charge in [0.2, 0.25) is 10.0 Å². The largest absolute Gasteiger partial charge is 0.493 e. The minimum atomic E-state index is -3.92. The summed E-state index contributed by atoms with van der Waals surface area (Å²) in [6, 6.07) is 12.3. The molecule has 29 heavy (non-hydrogen) atoms. The van der Waals surface area contributed by atoms with E-state index in [1.54, 1.807) is 29.2 Å². The van der Waals surface area contributed by atoms with Crippen LogP contribution in [0.2, 0.25) is 0 Å². The summed E-state index contributed by atoms with van der Waals surface area (Å²) in [5.41, 5.74) is 0.521. The van der Waals surface area contributed by atoms with Crippen LogP contribution in [0.5, 0.6) is 5.75 Å². The maximum absolute atomic E-state index is 13.9. The molecule has 0 radical (unpaired) electrons. The number of benzene rings is 2. The predicted octanol–water partition coefficient (Wildman–Crippen LogP) is 3.01. The third-order valence-electron chi connectivity index (χ3n) is 4.66. The Kier molecular flexibility index (Phi) is 6.54. The van der Waals surface area contributed by atoms with Crippen LogP contribution in [-0.4, -0.2) is 56.3 Å². The average Bonchev–Trinajstić information content (AvgIpc) is 2.72. The Hall–Kier alpha value is -2.45. The van der Waals surface area contributed by atoms with Crippen molar-refractivity contribution >= 4 is 15.9 Å². The first kappa shape index (κ1) is 21.3. The maximum atomic E-state index is 13.9. The van der Waals surface area contributed by atoms with E-state index >= 15 is 0 Å². The number of rotatable bonds is 6. The Bertz CT molecular complexity index is 953. The van der Waals surface area contributed by atoms with E-state index in [1.807, 2.05) is 0 Å². The van der Waals surface area contributed by atoms with E-state index in [0.717, 1.165) is 6.07 Å². The van der Waals surface area contributed by atoms with E-state index in [9.17, 15) is 17.6 Å². The van der Waals surface area contributed by atoms with E-state index in [-0.39, 0.29) is 37.0 Å². The molecule has 1 heterocycles. The van der Waals surface area contributed by atoms with Gasteiger partial charge in [-0.15, -0.1) is 0 Å². The molecule has 0 aliphatic carbocycles. The summed E-state index contributed by atoms with van der Waals surface area (Å²) in [5.74, 6) is 0.179. The number of carbonyl (C=O) groups is 1. The normalized spacial score (nSPS) is 15.5. The summed E-state index contributed by atoms with van der Waals surface area (Å²) in [6.45, 7) is 5.46. The number of amides is 1. The highest BCUT2D eigenvalue weighted by molar-refractivity contribution is 7.89. The van der Waals surface area contributed by atoms with Gasteiger partial charge in [0.25, 0.3) is 5.91 Å². The number of sulfonamides is 1. The average molecular weight is 421 g/mol. The highest BCUT2D eigenvalue weighted by Gasteiger charge is 2.32. The fraction of sp³-hybridized carbons (Fsp3) is 0.381. The summed E-state index contributed by atoms with van der Waals surface area (Å²) < 4.78 is 46.1. The quantitative estimate of drug-likeness (QED) is 0.721. The van der Waals surface area contributed by atoms with Crippen LogP contribution in [-0.2, 0) is 10.0 Å². The van der Waals surface area contributed by atoms with Crippen molar-refractivity contribution < 1.29 is 22.3 Å². The molecule has 1 fully saturated rings. The zero-order chi connectivity index (χ0) is 21.0. The third-order valence-corrected chi connectivity index (χ3v) is 6.60. The van der Waals surface area contributed by atoms with Gasteiger partial charge in [0, 0.05) is 31.7 Å². The third kappa shape index (κ3) is 4.94. The van der Waals surface area contributed by atoms with E-state index in [0.29, 0.717) is 23.8 Å². The highest BCUT2D eigenvalue weighted by atomic mass is 32.2. The van der Waals surface area contributed by atoms with Gasteiger partial charge in [-0.25, -0.2) is 12.8 Å². The van der Waals surface area contributed by atoms with Crippen LogP contribution in [0.3, 0.4) is 0 Å². The molecular weight excluding hydrogens is 395 g/mol. The van der Waals surface area contributed by atoms with Gasteiger partial charge >= 0.3 is 0 Å². The van der Waals surface area contributed by atoms with Gasteiger partial charge in [0.05, 0.1) is 6.61 Å². The number of halogens is 1. The van der Waals surface area contributed by atoms with Crippen LogP contribution in [0.25, 0.3) is 0 Å². The Morgan fingerprint density at radius 3 is 2.24 bits per heavy atom. The number of nitrogens with zero attached hydrogens (tertiary/aromatic N) is 2. The molecule has 0 unspecified atom stereocenters. The smallest absolute Gasteiger partial charge is 0.253 e. The maximum Gasteiger partial charge on any atom is 0.253 e. The lowest BCUT2D eigenvalue weighted by Gasteiger charge is -2.34. The molecular formula is C21H25FN2O4S. The second kappa shape index (κ2) is 8.92. The van der Waals surface area contributed by atoms with Gasteiger partial charge in [0.15, 0.2) is 0 Å². The van der Waals surface area contributed by atoms with Crippen molar-refractivity contribution in [2.75, 3.05) is 32.8 Å². The molecule has 2 aromatic rings. The van der Waals surface area contributed by atoms with Crippen LogP contribution >= 0.6 is 0 Å². The van der Waals surface area contributed by atoms with Crippen molar-refractivity contribution in [2.24, 2.45) is 5.92 Å². The number of carbonyl (C=O) groups excluding carboxylic acids is 1. The van der Waals surface area contributed by atoms with Crippen molar-refractivity contribution in [2.45, 2.75) is 18.7 Å². The molecule has 0 spiro atoms. The fourth-order valence-corrected chi connectivity index (χ4v) is 4.55. The molecule has 2 aromatic carbocycles. The minimum absolute atomic E-state index is 0.123. The highest BCUT2D eigenvalue weighted by Crippen LogP contribution is 2.21. The molecule has 6 nitrogen and oxygen atoms in total. The van der Waals surface area contributed by atoms with Crippen LogP contribution in [0.15, 0.2) is 53.4 Å². The molecule has 0 saturated carbocycles. The summed E-state index contributed by atoms with van der Waals surface area (Å²) >= 11 is 0. The summed E-state index contributed by atoms with van der Waals surface area (Å²) in [6.07, 6.45) is 0. The molecule has 1 aliphatic heterocycles.